The molecule has 1 aliphatic rings. The Hall–Kier alpha value is -1.36. The number of hydrogen-bond donors (Lipinski definition) is 2. The third-order valence-corrected chi connectivity index (χ3v) is 4.75. The van der Waals surface area contributed by atoms with Gasteiger partial charge in [0.05, 0.1) is 17.7 Å². The molecule has 1 fully saturated rings. The van der Waals surface area contributed by atoms with Crippen molar-refractivity contribution in [3.8, 4) is 0 Å². The monoisotopic (exact) mass is 294 g/mol. The van der Waals surface area contributed by atoms with Crippen molar-refractivity contribution < 1.29 is 14.4 Å². The molecule has 1 heterocycles. The molecule has 0 aromatic carbocycles. The SMILES string of the molecule is CCC1CCC(O)(CNC(=O)Cc2c(C)noc2C)CC1. The number of aryl methyl sites for hydroxylation is 2. The molecule has 1 aliphatic carbocycles. The summed E-state index contributed by atoms with van der Waals surface area (Å²) in [5, 5.41) is 17.2. The predicted molar refractivity (Wildman–Crippen MR) is 79.9 cm³/mol. The molecule has 0 spiro atoms. The summed E-state index contributed by atoms with van der Waals surface area (Å²) in [4.78, 5) is 12.0. The topological polar surface area (TPSA) is 75.4 Å². The van der Waals surface area contributed by atoms with Crippen LogP contribution in [0.2, 0.25) is 0 Å². The lowest BCUT2D eigenvalue weighted by atomic mass is 9.78. The van der Waals surface area contributed by atoms with Gasteiger partial charge >= 0.3 is 0 Å². The molecule has 5 heteroatoms. The van der Waals surface area contributed by atoms with Crippen LogP contribution in [0, 0.1) is 19.8 Å². The number of rotatable bonds is 5. The summed E-state index contributed by atoms with van der Waals surface area (Å²) in [6, 6.07) is 0. The third kappa shape index (κ3) is 4.06. The van der Waals surface area contributed by atoms with E-state index >= 15 is 0 Å². The van der Waals surface area contributed by atoms with Crippen molar-refractivity contribution >= 4 is 5.91 Å². The molecule has 118 valence electrons. The van der Waals surface area contributed by atoms with Crippen molar-refractivity contribution in [3.63, 3.8) is 0 Å². The summed E-state index contributed by atoms with van der Waals surface area (Å²) in [5.74, 6) is 1.32. The number of carbonyl (C=O) groups excluding carboxylic acids is 1. The lowest BCUT2D eigenvalue weighted by Gasteiger charge is -2.35. The second-order valence-electron chi connectivity index (χ2n) is 6.33. The van der Waals surface area contributed by atoms with Gasteiger partial charge in [-0.25, -0.2) is 0 Å². The van der Waals surface area contributed by atoms with Crippen LogP contribution in [-0.4, -0.2) is 28.3 Å². The van der Waals surface area contributed by atoms with E-state index in [1.165, 1.54) is 6.42 Å². The molecule has 0 radical (unpaired) electrons. The van der Waals surface area contributed by atoms with E-state index in [0.717, 1.165) is 42.9 Å². The van der Waals surface area contributed by atoms with Crippen molar-refractivity contribution in [2.24, 2.45) is 5.92 Å². The van der Waals surface area contributed by atoms with Gasteiger partial charge in [-0.15, -0.1) is 0 Å². The maximum atomic E-state index is 12.0. The first kappa shape index (κ1) is 16.0. The fourth-order valence-electron chi connectivity index (χ4n) is 3.04. The van der Waals surface area contributed by atoms with E-state index in [1.807, 2.05) is 13.8 Å². The number of hydrogen-bond acceptors (Lipinski definition) is 4. The number of amides is 1. The van der Waals surface area contributed by atoms with Crippen molar-refractivity contribution in [3.05, 3.63) is 17.0 Å². The second-order valence-corrected chi connectivity index (χ2v) is 6.33. The lowest BCUT2D eigenvalue weighted by molar-refractivity contribution is -0.122. The minimum atomic E-state index is -0.736. The van der Waals surface area contributed by atoms with Crippen LogP contribution in [0.15, 0.2) is 4.52 Å². The van der Waals surface area contributed by atoms with Crippen LogP contribution < -0.4 is 5.32 Å². The van der Waals surface area contributed by atoms with Crippen LogP contribution in [0.5, 0.6) is 0 Å². The second kappa shape index (κ2) is 6.60. The quantitative estimate of drug-likeness (QED) is 0.873. The zero-order valence-corrected chi connectivity index (χ0v) is 13.2. The molecule has 0 saturated heterocycles. The highest BCUT2D eigenvalue weighted by molar-refractivity contribution is 5.79. The first-order valence-electron chi connectivity index (χ1n) is 7.84. The van der Waals surface area contributed by atoms with E-state index in [9.17, 15) is 9.90 Å². The molecule has 0 unspecified atom stereocenters. The number of aliphatic hydroxyl groups is 1. The minimum Gasteiger partial charge on any atom is -0.388 e. The Morgan fingerprint density at radius 2 is 2.10 bits per heavy atom. The molecule has 5 nitrogen and oxygen atoms in total. The fourth-order valence-corrected chi connectivity index (χ4v) is 3.04. The fraction of sp³-hybridized carbons (Fsp3) is 0.750. The van der Waals surface area contributed by atoms with Gasteiger partial charge in [-0.2, -0.15) is 0 Å². The van der Waals surface area contributed by atoms with Crippen LogP contribution in [-0.2, 0) is 11.2 Å². The number of nitrogens with zero attached hydrogens (tertiary/aromatic N) is 1. The van der Waals surface area contributed by atoms with Crippen molar-refractivity contribution in [2.45, 2.75) is 64.9 Å². The first-order valence-corrected chi connectivity index (χ1v) is 7.84. The molecule has 0 bridgehead atoms. The van der Waals surface area contributed by atoms with Gasteiger partial charge in [-0.1, -0.05) is 18.5 Å². The molecule has 1 aromatic heterocycles. The van der Waals surface area contributed by atoms with E-state index in [0.29, 0.717) is 12.3 Å². The normalized spacial score (nSPS) is 25.8. The molecule has 0 aliphatic heterocycles. The van der Waals surface area contributed by atoms with Gasteiger partial charge in [0.25, 0.3) is 0 Å². The summed E-state index contributed by atoms with van der Waals surface area (Å²) >= 11 is 0. The van der Waals surface area contributed by atoms with E-state index < -0.39 is 5.60 Å². The number of nitrogens with one attached hydrogen (secondary N) is 1. The molecule has 1 amide bonds. The third-order valence-electron chi connectivity index (χ3n) is 4.75. The smallest absolute Gasteiger partial charge is 0.224 e. The van der Waals surface area contributed by atoms with Crippen LogP contribution in [0.1, 0.15) is 56.0 Å². The summed E-state index contributed by atoms with van der Waals surface area (Å²) in [6.07, 6.45) is 5.08. The van der Waals surface area contributed by atoms with Crippen LogP contribution in [0.25, 0.3) is 0 Å². The Balaban J connectivity index is 1.81. The van der Waals surface area contributed by atoms with Crippen molar-refractivity contribution in [1.82, 2.24) is 10.5 Å². The Morgan fingerprint density at radius 1 is 1.43 bits per heavy atom. The van der Waals surface area contributed by atoms with E-state index in [2.05, 4.69) is 17.4 Å². The average Bonchev–Trinajstić information content (AvgIpc) is 2.78. The standard InChI is InChI=1S/C16H26N2O3/c1-4-13-5-7-16(20,8-6-13)10-17-15(19)9-14-11(2)18-21-12(14)3/h13,20H,4-10H2,1-3H3,(H,17,19). The Kier molecular flexibility index (Phi) is 5.04. The maximum Gasteiger partial charge on any atom is 0.224 e. The average molecular weight is 294 g/mol. The Labute approximate surface area is 126 Å². The van der Waals surface area contributed by atoms with Crippen molar-refractivity contribution in [2.75, 3.05) is 6.54 Å². The van der Waals surface area contributed by atoms with Crippen LogP contribution >= 0.6 is 0 Å². The van der Waals surface area contributed by atoms with Gasteiger partial charge in [-0.05, 0) is 45.4 Å². The summed E-state index contributed by atoms with van der Waals surface area (Å²) in [7, 11) is 0. The molecule has 2 rings (SSSR count). The molecule has 0 atom stereocenters. The van der Waals surface area contributed by atoms with Crippen LogP contribution in [0.3, 0.4) is 0 Å². The van der Waals surface area contributed by atoms with E-state index in [-0.39, 0.29) is 12.3 Å². The highest BCUT2D eigenvalue weighted by atomic mass is 16.5. The van der Waals surface area contributed by atoms with Gasteiger partial charge in [0.15, 0.2) is 0 Å². The summed E-state index contributed by atoms with van der Waals surface area (Å²) in [5.41, 5.74) is 0.860. The van der Waals surface area contributed by atoms with Gasteiger partial charge in [-0.3, -0.25) is 4.79 Å². The zero-order chi connectivity index (χ0) is 15.5. The van der Waals surface area contributed by atoms with Crippen molar-refractivity contribution in [1.29, 1.82) is 0 Å². The van der Waals surface area contributed by atoms with Gasteiger partial charge in [0.2, 0.25) is 5.91 Å². The highest BCUT2D eigenvalue weighted by Crippen LogP contribution is 2.33. The molecule has 1 aromatic rings. The molecule has 21 heavy (non-hydrogen) atoms. The first-order chi connectivity index (χ1) is 9.93. The van der Waals surface area contributed by atoms with E-state index in [4.69, 9.17) is 4.52 Å². The zero-order valence-electron chi connectivity index (χ0n) is 13.2. The minimum absolute atomic E-state index is 0.0876. The molecule has 2 N–H and O–H groups in total. The van der Waals surface area contributed by atoms with Gasteiger partial charge < -0.3 is 14.9 Å². The summed E-state index contributed by atoms with van der Waals surface area (Å²) in [6.45, 7) is 6.17. The van der Waals surface area contributed by atoms with E-state index in [1.54, 1.807) is 0 Å². The lowest BCUT2D eigenvalue weighted by Crippen LogP contribution is -2.45. The predicted octanol–water partition coefficient (Wildman–Crippen LogP) is 2.28. The molecule has 1 saturated carbocycles. The largest absolute Gasteiger partial charge is 0.388 e. The number of carbonyl (C=O) groups is 1. The summed E-state index contributed by atoms with van der Waals surface area (Å²) < 4.78 is 5.06. The molecular weight excluding hydrogens is 268 g/mol. The van der Waals surface area contributed by atoms with Gasteiger partial charge in [0.1, 0.15) is 5.76 Å². The Bertz CT molecular complexity index is 468. The van der Waals surface area contributed by atoms with Crippen LogP contribution in [0.4, 0.5) is 0 Å². The maximum absolute atomic E-state index is 12.0. The molecular formula is C16H26N2O3. The highest BCUT2D eigenvalue weighted by Gasteiger charge is 2.32. The number of aromatic nitrogens is 1. The Morgan fingerprint density at radius 3 is 2.62 bits per heavy atom. The van der Waals surface area contributed by atoms with Gasteiger partial charge in [0, 0.05) is 12.1 Å².